The van der Waals surface area contributed by atoms with Crippen LogP contribution in [0.15, 0.2) is 146 Å². The summed E-state index contributed by atoms with van der Waals surface area (Å²) in [7, 11) is 0. The van der Waals surface area contributed by atoms with Gasteiger partial charge in [-0.25, -0.2) is 4.85 Å². The van der Waals surface area contributed by atoms with Crippen LogP contribution >= 0.6 is 0 Å². The largest absolute Gasteiger partial charge is 0.319 e. The van der Waals surface area contributed by atoms with Gasteiger partial charge in [-0.1, -0.05) is 84.9 Å². The highest BCUT2D eigenvalue weighted by molar-refractivity contribution is 6.10. The van der Waals surface area contributed by atoms with Crippen molar-refractivity contribution in [2.45, 2.75) is 0 Å². The molecular weight excluding hydrogens is 512 g/mol. The van der Waals surface area contributed by atoms with Crippen molar-refractivity contribution in [3.8, 4) is 22.9 Å². The summed E-state index contributed by atoms with van der Waals surface area (Å²) in [6, 6.07) is 51.4. The zero-order chi connectivity index (χ0) is 28.5. The van der Waals surface area contributed by atoms with E-state index in [1.165, 1.54) is 16.3 Å². The van der Waals surface area contributed by atoms with Crippen molar-refractivity contribution in [3.05, 3.63) is 163 Å². The number of para-hydroxylation sites is 4. The quantitative estimate of drug-likeness (QED) is 0.205. The van der Waals surface area contributed by atoms with Gasteiger partial charge in [-0.15, -0.1) is 0 Å². The molecule has 1 aromatic heterocycles. The Bertz CT molecular complexity index is 2130. The Morgan fingerprint density at radius 1 is 0.595 bits per heavy atom. The van der Waals surface area contributed by atoms with Crippen LogP contribution in [0.1, 0.15) is 5.56 Å². The van der Waals surface area contributed by atoms with Crippen LogP contribution in [-0.4, -0.2) is 4.57 Å². The van der Waals surface area contributed by atoms with Gasteiger partial charge in [0.2, 0.25) is 5.69 Å². The molecule has 196 valence electrons. The number of hydrogen-bond donors (Lipinski definition) is 0. The van der Waals surface area contributed by atoms with Crippen LogP contribution in [-0.2, 0) is 0 Å². The summed E-state index contributed by atoms with van der Waals surface area (Å²) < 4.78 is 2.31. The molecule has 7 rings (SSSR count). The topological polar surface area (TPSA) is 36.3 Å². The van der Waals surface area contributed by atoms with Crippen LogP contribution in [0.3, 0.4) is 0 Å². The van der Waals surface area contributed by atoms with E-state index in [1.54, 1.807) is 18.2 Å². The Balaban J connectivity index is 1.42. The molecule has 4 nitrogen and oxygen atoms in total. The molecule has 0 bridgehead atoms. The molecule has 0 saturated heterocycles. The smallest absolute Gasteiger partial charge is 0.211 e. The first kappa shape index (κ1) is 24.9. The molecule has 0 radical (unpaired) electrons. The fraction of sp³-hybridized carbons (Fsp3) is 0. The maximum Gasteiger partial charge on any atom is 0.211 e. The average Bonchev–Trinajstić information content (AvgIpc) is 3.40. The molecule has 7 aromatic rings. The van der Waals surface area contributed by atoms with Crippen LogP contribution in [0.2, 0.25) is 0 Å². The Labute approximate surface area is 244 Å². The Morgan fingerprint density at radius 3 is 2.05 bits per heavy atom. The summed E-state index contributed by atoms with van der Waals surface area (Å²) in [6.07, 6.45) is 0. The van der Waals surface area contributed by atoms with Gasteiger partial charge in [0.1, 0.15) is 0 Å². The maximum atomic E-state index is 10.0. The number of aromatic nitrogens is 1. The van der Waals surface area contributed by atoms with Crippen LogP contribution in [0.25, 0.3) is 43.5 Å². The molecule has 0 spiro atoms. The van der Waals surface area contributed by atoms with E-state index < -0.39 is 0 Å². The third-order valence-corrected chi connectivity index (χ3v) is 7.62. The highest BCUT2D eigenvalue weighted by Gasteiger charge is 2.20. The predicted molar refractivity (Wildman–Crippen MR) is 172 cm³/mol. The van der Waals surface area contributed by atoms with Gasteiger partial charge in [0.25, 0.3) is 0 Å². The van der Waals surface area contributed by atoms with E-state index >= 15 is 0 Å². The van der Waals surface area contributed by atoms with Crippen LogP contribution in [0.4, 0.5) is 22.7 Å². The number of nitriles is 1. The summed E-state index contributed by atoms with van der Waals surface area (Å²) in [5.41, 5.74) is 8.80. The summed E-state index contributed by atoms with van der Waals surface area (Å²) >= 11 is 0. The van der Waals surface area contributed by atoms with Gasteiger partial charge in [-0.05, 0) is 71.8 Å². The minimum Gasteiger partial charge on any atom is -0.319 e. The lowest BCUT2D eigenvalue weighted by Gasteiger charge is -2.28. The zero-order valence-electron chi connectivity index (χ0n) is 22.6. The van der Waals surface area contributed by atoms with E-state index in [0.29, 0.717) is 16.9 Å². The molecule has 0 aliphatic rings. The lowest BCUT2D eigenvalue weighted by atomic mass is 10.0. The van der Waals surface area contributed by atoms with E-state index in [-0.39, 0.29) is 0 Å². The van der Waals surface area contributed by atoms with Crippen molar-refractivity contribution in [1.82, 2.24) is 4.57 Å². The number of rotatable bonds is 5. The molecule has 0 N–H and O–H groups in total. The molecule has 42 heavy (non-hydrogen) atoms. The van der Waals surface area contributed by atoms with Gasteiger partial charge in [0.15, 0.2) is 0 Å². The third kappa shape index (κ3) is 4.16. The average molecular weight is 537 g/mol. The number of benzene rings is 6. The lowest BCUT2D eigenvalue weighted by molar-refractivity contribution is 1.18. The van der Waals surface area contributed by atoms with Gasteiger partial charge in [-0.2, -0.15) is 5.26 Å². The van der Waals surface area contributed by atoms with Crippen molar-refractivity contribution < 1.29 is 0 Å². The Kier molecular flexibility index (Phi) is 6.21. The molecule has 4 heteroatoms. The van der Waals surface area contributed by atoms with Crippen molar-refractivity contribution in [1.29, 1.82) is 5.26 Å². The first-order valence-corrected chi connectivity index (χ1v) is 13.7. The standard InChI is InChI=1S/C38H24N4/c1-40-35-20-11-13-29(26-39)38(35)41(30-14-4-2-5-15-30)32-18-10-12-27(24-32)28-22-23-37-34(25-28)33-19-8-9-21-36(33)42(37)31-16-6-3-7-17-31/h2-25H. The molecule has 1 heterocycles. The summed E-state index contributed by atoms with van der Waals surface area (Å²) in [5.74, 6) is 0. The fourth-order valence-electron chi connectivity index (χ4n) is 5.76. The molecule has 0 fully saturated rings. The number of anilines is 3. The second-order valence-electron chi connectivity index (χ2n) is 10.0. The maximum absolute atomic E-state index is 10.0. The number of fused-ring (bicyclic) bond motifs is 3. The van der Waals surface area contributed by atoms with Crippen molar-refractivity contribution in [2.75, 3.05) is 4.90 Å². The molecule has 0 saturated carbocycles. The Hall–Kier alpha value is -6.10. The summed E-state index contributed by atoms with van der Waals surface area (Å²) in [6.45, 7) is 7.85. The molecular formula is C38H24N4. The lowest BCUT2D eigenvalue weighted by Crippen LogP contribution is -2.11. The minimum absolute atomic E-state index is 0.429. The molecule has 0 aliphatic carbocycles. The second kappa shape index (κ2) is 10.5. The zero-order valence-corrected chi connectivity index (χ0v) is 22.6. The van der Waals surface area contributed by atoms with E-state index in [9.17, 15) is 5.26 Å². The van der Waals surface area contributed by atoms with E-state index in [2.05, 4.69) is 94.3 Å². The SMILES string of the molecule is [C-]#[N+]c1cccc(C#N)c1N(c1ccccc1)c1cccc(-c2ccc3c(c2)c2ccccc2n3-c2ccccc2)c1. The van der Waals surface area contributed by atoms with Gasteiger partial charge in [0, 0.05) is 27.8 Å². The van der Waals surface area contributed by atoms with Crippen LogP contribution in [0, 0.1) is 17.9 Å². The van der Waals surface area contributed by atoms with Gasteiger partial charge in [-0.3, -0.25) is 0 Å². The van der Waals surface area contributed by atoms with Gasteiger partial charge in [0.05, 0.1) is 34.9 Å². The normalized spacial score (nSPS) is 10.8. The first-order chi connectivity index (χ1) is 20.8. The molecule has 0 atom stereocenters. The first-order valence-electron chi connectivity index (χ1n) is 13.7. The Morgan fingerprint density at radius 2 is 1.26 bits per heavy atom. The van der Waals surface area contributed by atoms with Crippen LogP contribution in [0.5, 0.6) is 0 Å². The highest BCUT2D eigenvalue weighted by Crippen LogP contribution is 2.43. The van der Waals surface area contributed by atoms with Gasteiger partial charge >= 0.3 is 0 Å². The molecule has 0 aliphatic heterocycles. The number of hydrogen-bond acceptors (Lipinski definition) is 2. The molecule has 0 amide bonds. The van der Waals surface area contributed by atoms with E-state index in [4.69, 9.17) is 6.57 Å². The fourth-order valence-corrected chi connectivity index (χ4v) is 5.76. The highest BCUT2D eigenvalue weighted by atomic mass is 15.2. The summed E-state index contributed by atoms with van der Waals surface area (Å²) in [5, 5.41) is 12.4. The van der Waals surface area contributed by atoms with Crippen molar-refractivity contribution in [3.63, 3.8) is 0 Å². The third-order valence-electron chi connectivity index (χ3n) is 7.62. The number of nitrogens with zero attached hydrogens (tertiary/aromatic N) is 4. The molecule has 0 unspecified atom stereocenters. The van der Waals surface area contributed by atoms with Crippen molar-refractivity contribution in [2.24, 2.45) is 0 Å². The van der Waals surface area contributed by atoms with Crippen LogP contribution < -0.4 is 4.90 Å². The second-order valence-corrected chi connectivity index (χ2v) is 10.0. The monoisotopic (exact) mass is 536 g/mol. The molecule has 6 aromatic carbocycles. The summed E-state index contributed by atoms with van der Waals surface area (Å²) in [4.78, 5) is 5.79. The van der Waals surface area contributed by atoms with E-state index in [1.807, 2.05) is 53.4 Å². The van der Waals surface area contributed by atoms with Crippen molar-refractivity contribution >= 4 is 44.6 Å². The van der Waals surface area contributed by atoms with E-state index in [0.717, 1.165) is 33.7 Å². The van der Waals surface area contributed by atoms with Gasteiger partial charge < -0.3 is 9.47 Å². The predicted octanol–water partition coefficient (Wildman–Crippen LogP) is 10.3. The minimum atomic E-state index is 0.429.